The number of benzene rings is 1. The van der Waals surface area contributed by atoms with Crippen LogP contribution in [0.15, 0.2) is 12.1 Å². The van der Waals surface area contributed by atoms with Gasteiger partial charge in [0.05, 0.1) is 19.8 Å². The molecular weight excluding hydrogens is 254 g/mol. The van der Waals surface area contributed by atoms with Gasteiger partial charge in [-0.15, -0.1) is 0 Å². The standard InChI is InChI=1S/C13H20ClNO3/c1-4-18-13-10(8-15-7-9(2)16)5-11(14)6-12(13)17-3/h5-6,9,15-16H,4,7-8H2,1-3H3/t9-/m0/s1. The molecule has 102 valence electrons. The van der Waals surface area contributed by atoms with Crippen LogP contribution in [0.5, 0.6) is 11.5 Å². The van der Waals surface area contributed by atoms with Crippen molar-refractivity contribution in [3.8, 4) is 11.5 Å². The second kappa shape index (κ2) is 7.46. The van der Waals surface area contributed by atoms with Crippen LogP contribution < -0.4 is 14.8 Å². The van der Waals surface area contributed by atoms with Gasteiger partial charge in [0.25, 0.3) is 0 Å². The number of aliphatic hydroxyl groups is 1. The van der Waals surface area contributed by atoms with Crippen molar-refractivity contribution in [1.29, 1.82) is 0 Å². The van der Waals surface area contributed by atoms with Gasteiger partial charge in [-0.2, -0.15) is 0 Å². The predicted octanol–water partition coefficient (Wildman–Crippen LogP) is 2.22. The molecule has 18 heavy (non-hydrogen) atoms. The van der Waals surface area contributed by atoms with E-state index in [0.717, 1.165) is 5.56 Å². The summed E-state index contributed by atoms with van der Waals surface area (Å²) in [4.78, 5) is 0. The Kier molecular flexibility index (Phi) is 6.25. The number of aliphatic hydroxyl groups excluding tert-OH is 1. The van der Waals surface area contributed by atoms with E-state index in [9.17, 15) is 5.11 Å². The van der Waals surface area contributed by atoms with Gasteiger partial charge in [0.2, 0.25) is 0 Å². The molecule has 0 saturated heterocycles. The molecule has 5 heteroatoms. The maximum Gasteiger partial charge on any atom is 0.165 e. The second-order valence-electron chi connectivity index (χ2n) is 4.01. The van der Waals surface area contributed by atoms with Crippen LogP contribution in [0.4, 0.5) is 0 Å². The largest absolute Gasteiger partial charge is 0.493 e. The molecule has 1 aromatic rings. The molecule has 0 bridgehead atoms. The molecule has 0 aliphatic rings. The van der Waals surface area contributed by atoms with E-state index >= 15 is 0 Å². The van der Waals surface area contributed by atoms with Gasteiger partial charge in [-0.3, -0.25) is 0 Å². The highest BCUT2D eigenvalue weighted by molar-refractivity contribution is 6.30. The number of hydrogen-bond acceptors (Lipinski definition) is 4. The number of rotatable bonds is 7. The average molecular weight is 274 g/mol. The lowest BCUT2D eigenvalue weighted by Crippen LogP contribution is -2.24. The van der Waals surface area contributed by atoms with Gasteiger partial charge >= 0.3 is 0 Å². The minimum Gasteiger partial charge on any atom is -0.493 e. The highest BCUT2D eigenvalue weighted by Crippen LogP contribution is 2.34. The van der Waals surface area contributed by atoms with E-state index in [0.29, 0.717) is 36.2 Å². The molecule has 1 atom stereocenters. The number of ether oxygens (including phenoxy) is 2. The highest BCUT2D eigenvalue weighted by Gasteiger charge is 2.12. The fourth-order valence-corrected chi connectivity index (χ4v) is 1.86. The average Bonchev–Trinajstić information content (AvgIpc) is 2.31. The summed E-state index contributed by atoms with van der Waals surface area (Å²) < 4.78 is 10.8. The quantitative estimate of drug-likeness (QED) is 0.800. The number of halogens is 1. The van der Waals surface area contributed by atoms with Gasteiger partial charge in [-0.05, 0) is 19.9 Å². The monoisotopic (exact) mass is 273 g/mol. The Hall–Kier alpha value is -0.970. The summed E-state index contributed by atoms with van der Waals surface area (Å²) in [7, 11) is 1.58. The Morgan fingerprint density at radius 3 is 2.72 bits per heavy atom. The lowest BCUT2D eigenvalue weighted by Gasteiger charge is -2.15. The van der Waals surface area contributed by atoms with E-state index in [4.69, 9.17) is 21.1 Å². The van der Waals surface area contributed by atoms with Gasteiger partial charge in [0.15, 0.2) is 11.5 Å². The molecule has 0 fully saturated rings. The SMILES string of the molecule is CCOc1c(CNC[C@H](C)O)cc(Cl)cc1OC. The van der Waals surface area contributed by atoms with Crippen molar-refractivity contribution in [3.63, 3.8) is 0 Å². The molecule has 0 unspecified atom stereocenters. The fraction of sp³-hybridized carbons (Fsp3) is 0.538. The van der Waals surface area contributed by atoms with Crippen LogP contribution in [-0.2, 0) is 6.54 Å². The summed E-state index contributed by atoms with van der Waals surface area (Å²) in [5.41, 5.74) is 0.918. The topological polar surface area (TPSA) is 50.7 Å². The summed E-state index contributed by atoms with van der Waals surface area (Å²) in [6.45, 7) is 5.29. The molecule has 0 spiro atoms. The maximum absolute atomic E-state index is 9.21. The molecular formula is C13H20ClNO3. The molecule has 0 amide bonds. The zero-order valence-corrected chi connectivity index (χ0v) is 11.8. The van der Waals surface area contributed by atoms with Crippen LogP contribution in [0, 0.1) is 0 Å². The van der Waals surface area contributed by atoms with Gasteiger partial charge in [0.1, 0.15) is 0 Å². The first-order valence-electron chi connectivity index (χ1n) is 5.96. The summed E-state index contributed by atoms with van der Waals surface area (Å²) in [5, 5.41) is 12.9. The van der Waals surface area contributed by atoms with E-state index in [1.165, 1.54) is 0 Å². The van der Waals surface area contributed by atoms with Gasteiger partial charge in [-0.25, -0.2) is 0 Å². The Balaban J connectivity index is 2.88. The summed E-state index contributed by atoms with van der Waals surface area (Å²) in [6, 6.07) is 3.56. The first-order valence-corrected chi connectivity index (χ1v) is 6.34. The van der Waals surface area contributed by atoms with E-state index in [-0.39, 0.29) is 6.10 Å². The van der Waals surface area contributed by atoms with Crippen LogP contribution in [-0.4, -0.2) is 31.5 Å². The molecule has 2 N–H and O–H groups in total. The Morgan fingerprint density at radius 1 is 1.44 bits per heavy atom. The fourth-order valence-electron chi connectivity index (χ4n) is 1.63. The molecule has 0 aliphatic carbocycles. The third-order valence-electron chi connectivity index (χ3n) is 2.36. The van der Waals surface area contributed by atoms with Crippen LogP contribution in [0.2, 0.25) is 5.02 Å². The van der Waals surface area contributed by atoms with Gasteiger partial charge in [-0.1, -0.05) is 11.6 Å². The van der Waals surface area contributed by atoms with E-state index in [1.807, 2.05) is 13.0 Å². The molecule has 0 aromatic heterocycles. The molecule has 0 saturated carbocycles. The van der Waals surface area contributed by atoms with E-state index in [2.05, 4.69) is 5.32 Å². The minimum absolute atomic E-state index is 0.387. The lowest BCUT2D eigenvalue weighted by atomic mass is 10.1. The lowest BCUT2D eigenvalue weighted by molar-refractivity contribution is 0.190. The third kappa shape index (κ3) is 4.37. The number of methoxy groups -OCH3 is 1. The number of nitrogens with one attached hydrogen (secondary N) is 1. The molecule has 1 aromatic carbocycles. The van der Waals surface area contributed by atoms with E-state index in [1.54, 1.807) is 20.1 Å². The first-order chi connectivity index (χ1) is 8.58. The molecule has 4 nitrogen and oxygen atoms in total. The Labute approximate surface area is 113 Å². The third-order valence-corrected chi connectivity index (χ3v) is 2.58. The van der Waals surface area contributed by atoms with Crippen molar-refractivity contribution < 1.29 is 14.6 Å². The summed E-state index contributed by atoms with van der Waals surface area (Å²) >= 11 is 6.03. The maximum atomic E-state index is 9.21. The normalized spacial score (nSPS) is 12.3. The van der Waals surface area contributed by atoms with Gasteiger partial charge in [0, 0.05) is 29.7 Å². The number of hydrogen-bond donors (Lipinski definition) is 2. The van der Waals surface area contributed by atoms with E-state index < -0.39 is 0 Å². The van der Waals surface area contributed by atoms with Gasteiger partial charge < -0.3 is 19.9 Å². The molecule has 0 radical (unpaired) electrons. The molecule has 1 rings (SSSR count). The summed E-state index contributed by atoms with van der Waals surface area (Å²) in [6.07, 6.45) is -0.387. The second-order valence-corrected chi connectivity index (χ2v) is 4.45. The molecule has 0 aliphatic heterocycles. The van der Waals surface area contributed by atoms with Crippen LogP contribution in [0.1, 0.15) is 19.4 Å². The van der Waals surface area contributed by atoms with Crippen LogP contribution in [0.25, 0.3) is 0 Å². The Morgan fingerprint density at radius 2 is 2.17 bits per heavy atom. The highest BCUT2D eigenvalue weighted by atomic mass is 35.5. The van der Waals surface area contributed by atoms with Crippen molar-refractivity contribution in [2.45, 2.75) is 26.5 Å². The first kappa shape index (κ1) is 15.1. The van der Waals surface area contributed by atoms with Crippen LogP contribution >= 0.6 is 11.6 Å². The van der Waals surface area contributed by atoms with Crippen molar-refractivity contribution in [2.75, 3.05) is 20.3 Å². The van der Waals surface area contributed by atoms with Crippen molar-refractivity contribution in [3.05, 3.63) is 22.7 Å². The zero-order chi connectivity index (χ0) is 13.5. The predicted molar refractivity (Wildman–Crippen MR) is 72.6 cm³/mol. The van der Waals surface area contributed by atoms with Crippen molar-refractivity contribution in [1.82, 2.24) is 5.32 Å². The summed E-state index contributed by atoms with van der Waals surface area (Å²) in [5.74, 6) is 1.32. The zero-order valence-electron chi connectivity index (χ0n) is 11.0. The minimum atomic E-state index is -0.387. The molecule has 0 heterocycles. The van der Waals surface area contributed by atoms with Crippen LogP contribution in [0.3, 0.4) is 0 Å². The Bertz CT molecular complexity index is 383. The van der Waals surface area contributed by atoms with Crippen molar-refractivity contribution in [2.24, 2.45) is 0 Å². The van der Waals surface area contributed by atoms with Crippen molar-refractivity contribution >= 4 is 11.6 Å². The smallest absolute Gasteiger partial charge is 0.165 e.